The number of carbonyl (C=O) groups is 1. The van der Waals surface area contributed by atoms with Gasteiger partial charge in [-0.3, -0.25) is 4.79 Å². The number of benzene rings is 1. The predicted octanol–water partition coefficient (Wildman–Crippen LogP) is 3.11. The van der Waals surface area contributed by atoms with Crippen molar-refractivity contribution in [3.05, 3.63) is 29.6 Å². The SMILES string of the molecule is CCC1(CNC(=O)c2ccc(N)cc2F)CCCC1. The van der Waals surface area contributed by atoms with Gasteiger partial charge in [0.1, 0.15) is 5.82 Å². The Morgan fingerprint density at radius 1 is 1.42 bits per heavy atom. The van der Waals surface area contributed by atoms with Crippen LogP contribution in [0.3, 0.4) is 0 Å². The second-order valence-electron chi connectivity index (χ2n) is 5.48. The molecule has 3 nitrogen and oxygen atoms in total. The standard InChI is InChI=1S/C15H21FN2O/c1-2-15(7-3-4-8-15)10-18-14(19)12-6-5-11(17)9-13(12)16/h5-6,9H,2-4,7-8,10,17H2,1H3,(H,18,19). The summed E-state index contributed by atoms with van der Waals surface area (Å²) in [5, 5.41) is 2.87. The van der Waals surface area contributed by atoms with Gasteiger partial charge in [-0.2, -0.15) is 0 Å². The van der Waals surface area contributed by atoms with Crippen LogP contribution in [0.4, 0.5) is 10.1 Å². The molecule has 104 valence electrons. The highest BCUT2D eigenvalue weighted by Gasteiger charge is 2.32. The van der Waals surface area contributed by atoms with E-state index < -0.39 is 5.82 Å². The van der Waals surface area contributed by atoms with Crippen molar-refractivity contribution in [1.82, 2.24) is 5.32 Å². The first-order valence-corrected chi connectivity index (χ1v) is 6.89. The molecular weight excluding hydrogens is 243 g/mol. The van der Waals surface area contributed by atoms with Crippen molar-refractivity contribution >= 4 is 11.6 Å². The zero-order valence-electron chi connectivity index (χ0n) is 11.3. The number of hydrogen-bond donors (Lipinski definition) is 2. The first-order valence-electron chi connectivity index (χ1n) is 6.89. The molecule has 0 aromatic heterocycles. The van der Waals surface area contributed by atoms with Gasteiger partial charge >= 0.3 is 0 Å². The van der Waals surface area contributed by atoms with Gasteiger partial charge in [0.25, 0.3) is 5.91 Å². The van der Waals surface area contributed by atoms with Gasteiger partial charge in [-0.1, -0.05) is 19.8 Å². The number of amides is 1. The lowest BCUT2D eigenvalue weighted by Gasteiger charge is -2.27. The van der Waals surface area contributed by atoms with E-state index in [0.717, 1.165) is 19.3 Å². The molecule has 0 spiro atoms. The third-order valence-corrected chi connectivity index (χ3v) is 4.28. The zero-order chi connectivity index (χ0) is 13.9. The van der Waals surface area contributed by atoms with Crippen LogP contribution < -0.4 is 11.1 Å². The van der Waals surface area contributed by atoms with Crippen LogP contribution in [0.25, 0.3) is 0 Å². The maximum atomic E-state index is 13.6. The molecule has 1 aliphatic carbocycles. The Labute approximate surface area is 113 Å². The molecule has 0 saturated heterocycles. The molecule has 0 atom stereocenters. The average molecular weight is 264 g/mol. The summed E-state index contributed by atoms with van der Waals surface area (Å²) in [6.45, 7) is 2.79. The number of rotatable bonds is 4. The van der Waals surface area contributed by atoms with E-state index in [2.05, 4.69) is 12.2 Å². The summed E-state index contributed by atoms with van der Waals surface area (Å²) in [7, 11) is 0. The smallest absolute Gasteiger partial charge is 0.254 e. The summed E-state index contributed by atoms with van der Waals surface area (Å²) < 4.78 is 13.6. The summed E-state index contributed by atoms with van der Waals surface area (Å²) in [5.41, 5.74) is 6.08. The van der Waals surface area contributed by atoms with Crippen LogP contribution in [0.2, 0.25) is 0 Å². The van der Waals surface area contributed by atoms with E-state index in [1.807, 2.05) is 0 Å². The second-order valence-corrected chi connectivity index (χ2v) is 5.48. The van der Waals surface area contributed by atoms with Gasteiger partial charge in [-0.25, -0.2) is 4.39 Å². The van der Waals surface area contributed by atoms with Gasteiger partial charge in [0.05, 0.1) is 5.56 Å². The first-order chi connectivity index (χ1) is 9.06. The molecule has 0 bridgehead atoms. The molecule has 2 rings (SSSR count). The highest BCUT2D eigenvalue weighted by Crippen LogP contribution is 2.40. The zero-order valence-corrected chi connectivity index (χ0v) is 11.3. The minimum absolute atomic E-state index is 0.0680. The van der Waals surface area contributed by atoms with E-state index >= 15 is 0 Å². The Kier molecular flexibility index (Phi) is 4.08. The lowest BCUT2D eigenvalue weighted by molar-refractivity contribution is 0.0925. The Balaban J connectivity index is 2.01. The average Bonchev–Trinajstić information content (AvgIpc) is 2.85. The lowest BCUT2D eigenvalue weighted by atomic mass is 9.83. The number of hydrogen-bond acceptors (Lipinski definition) is 2. The predicted molar refractivity (Wildman–Crippen MR) is 74.3 cm³/mol. The number of nitrogens with one attached hydrogen (secondary N) is 1. The summed E-state index contributed by atoms with van der Waals surface area (Å²) in [5.74, 6) is -0.910. The van der Waals surface area contributed by atoms with Gasteiger partial charge in [-0.15, -0.1) is 0 Å². The molecule has 3 N–H and O–H groups in total. The van der Waals surface area contributed by atoms with E-state index in [1.165, 1.54) is 25.0 Å². The lowest BCUT2D eigenvalue weighted by Crippen LogP contribution is -2.36. The molecule has 0 heterocycles. The highest BCUT2D eigenvalue weighted by atomic mass is 19.1. The molecule has 1 fully saturated rings. The fraction of sp³-hybridized carbons (Fsp3) is 0.533. The molecular formula is C15H21FN2O. The van der Waals surface area contributed by atoms with Crippen molar-refractivity contribution < 1.29 is 9.18 Å². The molecule has 4 heteroatoms. The van der Waals surface area contributed by atoms with E-state index in [-0.39, 0.29) is 16.9 Å². The topological polar surface area (TPSA) is 55.1 Å². The molecule has 1 amide bonds. The Morgan fingerprint density at radius 3 is 2.68 bits per heavy atom. The van der Waals surface area contributed by atoms with E-state index in [9.17, 15) is 9.18 Å². The summed E-state index contributed by atoms with van der Waals surface area (Å²) in [6.07, 6.45) is 5.79. The van der Waals surface area contributed by atoms with Crippen molar-refractivity contribution in [3.63, 3.8) is 0 Å². The van der Waals surface area contributed by atoms with Crippen LogP contribution in [0.1, 0.15) is 49.4 Å². The number of halogens is 1. The van der Waals surface area contributed by atoms with Crippen LogP contribution in [0.15, 0.2) is 18.2 Å². The Bertz CT molecular complexity index is 467. The molecule has 0 aliphatic heterocycles. The first kappa shape index (κ1) is 13.8. The van der Waals surface area contributed by atoms with Gasteiger partial charge in [0.15, 0.2) is 0 Å². The van der Waals surface area contributed by atoms with E-state index in [0.29, 0.717) is 12.2 Å². The van der Waals surface area contributed by atoms with E-state index in [1.54, 1.807) is 6.07 Å². The maximum absolute atomic E-state index is 13.6. The fourth-order valence-corrected chi connectivity index (χ4v) is 2.86. The number of carbonyl (C=O) groups excluding carboxylic acids is 1. The molecule has 1 saturated carbocycles. The second kappa shape index (κ2) is 5.59. The van der Waals surface area contributed by atoms with Crippen LogP contribution in [-0.4, -0.2) is 12.5 Å². The summed E-state index contributed by atoms with van der Waals surface area (Å²) in [6, 6.07) is 4.16. The maximum Gasteiger partial charge on any atom is 0.254 e. The molecule has 1 aliphatic rings. The summed E-state index contributed by atoms with van der Waals surface area (Å²) in [4.78, 5) is 12.0. The molecule has 1 aromatic carbocycles. The van der Waals surface area contributed by atoms with Crippen LogP contribution in [0.5, 0.6) is 0 Å². The number of nitrogens with two attached hydrogens (primary N) is 1. The Hall–Kier alpha value is -1.58. The third kappa shape index (κ3) is 3.06. The van der Waals surface area contributed by atoms with Crippen LogP contribution in [-0.2, 0) is 0 Å². The van der Waals surface area contributed by atoms with Crippen molar-refractivity contribution in [2.75, 3.05) is 12.3 Å². The highest BCUT2D eigenvalue weighted by molar-refractivity contribution is 5.94. The molecule has 19 heavy (non-hydrogen) atoms. The van der Waals surface area contributed by atoms with Gasteiger partial charge in [-0.05, 0) is 42.9 Å². The monoisotopic (exact) mass is 264 g/mol. The molecule has 0 unspecified atom stereocenters. The van der Waals surface area contributed by atoms with Crippen molar-refractivity contribution in [3.8, 4) is 0 Å². The van der Waals surface area contributed by atoms with Crippen molar-refractivity contribution in [2.24, 2.45) is 5.41 Å². The third-order valence-electron chi connectivity index (χ3n) is 4.28. The summed E-state index contributed by atoms with van der Waals surface area (Å²) >= 11 is 0. The Morgan fingerprint density at radius 2 is 2.11 bits per heavy atom. The van der Waals surface area contributed by atoms with Crippen LogP contribution in [0, 0.1) is 11.2 Å². The quantitative estimate of drug-likeness (QED) is 0.821. The molecule has 0 radical (unpaired) electrons. The minimum atomic E-state index is -0.561. The number of nitrogen functional groups attached to an aromatic ring is 1. The largest absolute Gasteiger partial charge is 0.399 e. The van der Waals surface area contributed by atoms with Gasteiger partial charge in [0, 0.05) is 12.2 Å². The van der Waals surface area contributed by atoms with Crippen LogP contribution >= 0.6 is 0 Å². The van der Waals surface area contributed by atoms with Gasteiger partial charge in [0.2, 0.25) is 0 Å². The fourth-order valence-electron chi connectivity index (χ4n) is 2.86. The van der Waals surface area contributed by atoms with Gasteiger partial charge < -0.3 is 11.1 Å². The minimum Gasteiger partial charge on any atom is -0.399 e. The number of anilines is 1. The normalized spacial score (nSPS) is 17.4. The molecule has 1 aromatic rings. The van der Waals surface area contributed by atoms with Crippen molar-refractivity contribution in [2.45, 2.75) is 39.0 Å². The van der Waals surface area contributed by atoms with Crippen molar-refractivity contribution in [1.29, 1.82) is 0 Å². The van der Waals surface area contributed by atoms with E-state index in [4.69, 9.17) is 5.73 Å².